The van der Waals surface area contributed by atoms with Gasteiger partial charge in [0.05, 0.1) is 11.1 Å². The molecule has 0 unspecified atom stereocenters. The molecule has 0 N–H and O–H groups in total. The molecule has 0 saturated carbocycles. The summed E-state index contributed by atoms with van der Waals surface area (Å²) in [5.74, 6) is 0.467. The molecule has 0 amide bonds. The second kappa shape index (κ2) is 11.2. The summed E-state index contributed by atoms with van der Waals surface area (Å²) in [6.07, 6.45) is 3.95. The summed E-state index contributed by atoms with van der Waals surface area (Å²) < 4.78 is 0.220. The Kier molecular flexibility index (Phi) is 8.32. The van der Waals surface area contributed by atoms with Crippen LogP contribution >= 0.6 is 22.9 Å². The Labute approximate surface area is 190 Å². The fourth-order valence-corrected chi connectivity index (χ4v) is 4.18. The first kappa shape index (κ1) is 23.1. The number of halogens is 1. The molecular formula is C24H26ClN3O2S. The molecule has 162 valence electrons. The topological polar surface area (TPSA) is 62.6 Å². The van der Waals surface area contributed by atoms with Crippen LogP contribution in [-0.4, -0.2) is 18.1 Å². The molecule has 0 aliphatic heterocycles. The normalized spacial score (nSPS) is 11.6. The third kappa shape index (κ3) is 5.99. The summed E-state index contributed by atoms with van der Waals surface area (Å²) in [6.45, 7) is 5.75. The van der Waals surface area contributed by atoms with Gasteiger partial charge in [-0.1, -0.05) is 61.8 Å². The number of rotatable bonds is 8. The first-order valence-corrected chi connectivity index (χ1v) is 11.8. The summed E-state index contributed by atoms with van der Waals surface area (Å²) >= 11 is 7.03. The molecule has 0 radical (unpaired) electrons. The van der Waals surface area contributed by atoms with E-state index in [0.29, 0.717) is 32.0 Å². The predicted octanol–water partition coefficient (Wildman–Crippen LogP) is 5.31. The van der Waals surface area contributed by atoms with Gasteiger partial charge < -0.3 is 4.90 Å². The zero-order chi connectivity index (χ0) is 22.2. The molecule has 1 aromatic heterocycles. The van der Waals surface area contributed by atoms with Gasteiger partial charge >= 0.3 is 0 Å². The smallest absolute Gasteiger partial charge is 0.279 e. The molecule has 0 saturated heterocycles. The van der Waals surface area contributed by atoms with Gasteiger partial charge in [-0.15, -0.1) is 0 Å². The average Bonchev–Trinajstić information content (AvgIpc) is 2.78. The van der Waals surface area contributed by atoms with Gasteiger partial charge in [-0.25, -0.2) is 4.99 Å². The lowest BCUT2D eigenvalue weighted by Gasteiger charge is -2.22. The monoisotopic (exact) mass is 455 g/mol. The van der Waals surface area contributed by atoms with Gasteiger partial charge in [0, 0.05) is 23.5 Å². The molecule has 1 heterocycles. The lowest BCUT2D eigenvalue weighted by Crippen LogP contribution is -2.32. The summed E-state index contributed by atoms with van der Waals surface area (Å²) in [5, 5.41) is 1.29. The van der Waals surface area contributed by atoms with E-state index < -0.39 is 5.56 Å². The van der Waals surface area contributed by atoms with Gasteiger partial charge in [-0.3, -0.25) is 9.59 Å². The molecule has 0 bridgehead atoms. The highest BCUT2D eigenvalue weighted by Gasteiger charge is 2.13. The number of unbranched alkanes of at least 4 members (excludes halogenated alkanes) is 2. The molecule has 2 aromatic carbocycles. The minimum Gasteiger partial charge on any atom is -0.354 e. The van der Waals surface area contributed by atoms with E-state index in [4.69, 9.17) is 16.6 Å². The van der Waals surface area contributed by atoms with Crippen LogP contribution in [0.3, 0.4) is 0 Å². The Balaban J connectivity index is 2.36. The lowest BCUT2D eigenvalue weighted by molar-refractivity contribution is 0.669. The van der Waals surface area contributed by atoms with Crippen molar-refractivity contribution in [1.29, 1.82) is 0 Å². The second-order valence-electron chi connectivity index (χ2n) is 7.26. The van der Waals surface area contributed by atoms with Crippen molar-refractivity contribution in [1.82, 2.24) is 4.98 Å². The summed E-state index contributed by atoms with van der Waals surface area (Å²) in [5.41, 5.74) is 0.237. The SMILES string of the molecule is CCCCN(CCCC)c1nc(=O)c2ccccc2c(=O)sc1=Nc1ccc(Cl)cc1. The van der Waals surface area contributed by atoms with Gasteiger partial charge in [0.15, 0.2) is 10.5 Å². The summed E-state index contributed by atoms with van der Waals surface area (Å²) in [6, 6.07) is 13.9. The Bertz CT molecular complexity index is 1220. The van der Waals surface area contributed by atoms with Crippen LogP contribution in [0.25, 0.3) is 10.8 Å². The van der Waals surface area contributed by atoms with Crippen molar-refractivity contribution < 1.29 is 0 Å². The molecule has 3 aromatic rings. The van der Waals surface area contributed by atoms with E-state index in [2.05, 4.69) is 23.7 Å². The molecule has 5 nitrogen and oxygen atoms in total. The van der Waals surface area contributed by atoms with Crippen LogP contribution in [0, 0.1) is 0 Å². The molecule has 0 aliphatic carbocycles. The highest BCUT2D eigenvalue weighted by molar-refractivity contribution is 7.07. The number of benzene rings is 2. The molecule has 0 atom stereocenters. The zero-order valence-electron chi connectivity index (χ0n) is 17.8. The van der Waals surface area contributed by atoms with E-state index in [1.54, 1.807) is 48.5 Å². The van der Waals surface area contributed by atoms with E-state index in [1.807, 2.05) is 0 Å². The number of anilines is 1. The molecule has 7 heteroatoms. The van der Waals surface area contributed by atoms with Crippen LogP contribution in [0.4, 0.5) is 11.5 Å². The van der Waals surface area contributed by atoms with Crippen molar-refractivity contribution in [3.8, 4) is 0 Å². The van der Waals surface area contributed by atoms with Crippen LogP contribution in [0.1, 0.15) is 39.5 Å². The minimum absolute atomic E-state index is 0.213. The first-order valence-electron chi connectivity index (χ1n) is 10.6. The van der Waals surface area contributed by atoms with E-state index in [1.165, 1.54) is 0 Å². The van der Waals surface area contributed by atoms with Crippen molar-refractivity contribution in [2.75, 3.05) is 18.0 Å². The van der Waals surface area contributed by atoms with E-state index in [0.717, 1.165) is 50.1 Å². The Morgan fingerprint density at radius 2 is 1.55 bits per heavy atom. The molecule has 0 aliphatic rings. The van der Waals surface area contributed by atoms with Gasteiger partial charge in [-0.05, 0) is 49.2 Å². The summed E-state index contributed by atoms with van der Waals surface area (Å²) in [7, 11) is 0. The zero-order valence-corrected chi connectivity index (χ0v) is 19.4. The predicted molar refractivity (Wildman–Crippen MR) is 131 cm³/mol. The van der Waals surface area contributed by atoms with Crippen molar-refractivity contribution in [3.63, 3.8) is 0 Å². The lowest BCUT2D eigenvalue weighted by atomic mass is 10.2. The third-order valence-corrected chi connectivity index (χ3v) is 6.01. The Morgan fingerprint density at radius 3 is 2.16 bits per heavy atom. The van der Waals surface area contributed by atoms with Crippen molar-refractivity contribution in [3.05, 3.63) is 78.1 Å². The number of aromatic nitrogens is 1. The van der Waals surface area contributed by atoms with Gasteiger partial charge in [0.1, 0.15) is 0 Å². The Morgan fingerprint density at radius 1 is 0.935 bits per heavy atom. The molecule has 31 heavy (non-hydrogen) atoms. The van der Waals surface area contributed by atoms with Crippen LogP contribution in [-0.2, 0) is 0 Å². The third-order valence-electron chi connectivity index (χ3n) is 4.89. The van der Waals surface area contributed by atoms with Gasteiger partial charge in [0.25, 0.3) is 5.56 Å². The molecule has 0 spiro atoms. The van der Waals surface area contributed by atoms with Gasteiger partial charge in [0.2, 0.25) is 4.74 Å². The number of fused-ring (bicyclic) bond motifs is 1. The van der Waals surface area contributed by atoms with Crippen LogP contribution in [0.5, 0.6) is 0 Å². The minimum atomic E-state index is -0.416. The first-order chi connectivity index (χ1) is 15.0. The Hall–Kier alpha value is -2.57. The molecule has 0 fully saturated rings. The van der Waals surface area contributed by atoms with Crippen molar-refractivity contribution in [2.45, 2.75) is 39.5 Å². The maximum atomic E-state index is 13.1. The quantitative estimate of drug-likeness (QED) is 0.461. The highest BCUT2D eigenvalue weighted by Crippen LogP contribution is 2.17. The maximum absolute atomic E-state index is 13.1. The van der Waals surface area contributed by atoms with Gasteiger partial charge in [-0.2, -0.15) is 4.98 Å². The summed E-state index contributed by atoms with van der Waals surface area (Å²) in [4.78, 5) is 37.4. The number of hydrogen-bond acceptors (Lipinski definition) is 6. The second-order valence-corrected chi connectivity index (χ2v) is 8.66. The van der Waals surface area contributed by atoms with Crippen LogP contribution in [0.15, 0.2) is 63.1 Å². The van der Waals surface area contributed by atoms with E-state index in [-0.39, 0.29) is 4.74 Å². The molecular weight excluding hydrogens is 430 g/mol. The fourth-order valence-electron chi connectivity index (χ4n) is 3.17. The highest BCUT2D eigenvalue weighted by atomic mass is 35.5. The van der Waals surface area contributed by atoms with Crippen LogP contribution in [0.2, 0.25) is 5.02 Å². The maximum Gasteiger partial charge on any atom is 0.279 e. The fraction of sp³-hybridized carbons (Fsp3) is 0.333. The van der Waals surface area contributed by atoms with Crippen LogP contribution < -0.4 is 19.9 Å². The van der Waals surface area contributed by atoms with Crippen molar-refractivity contribution in [2.24, 2.45) is 4.99 Å². The van der Waals surface area contributed by atoms with Crippen molar-refractivity contribution >= 4 is 45.2 Å². The van der Waals surface area contributed by atoms with E-state index in [9.17, 15) is 9.59 Å². The number of nitrogens with zero attached hydrogens (tertiary/aromatic N) is 3. The molecule has 3 rings (SSSR count). The average molecular weight is 456 g/mol. The number of hydrogen-bond donors (Lipinski definition) is 0. The van der Waals surface area contributed by atoms with E-state index >= 15 is 0 Å². The largest absolute Gasteiger partial charge is 0.354 e. The standard InChI is InChI=1S/C24H26ClN3O2S/c1-3-5-15-28(16-6-4-2)21-23(26-18-13-11-17(25)12-14-18)31-24(30)20-10-8-7-9-19(20)22(29)27-21/h7-14H,3-6,15-16H2,1-2H3.